The second kappa shape index (κ2) is 10.3. The minimum atomic E-state index is -0.253. The van der Waals surface area contributed by atoms with Crippen molar-refractivity contribution in [3.05, 3.63) is 58.0 Å². The lowest BCUT2D eigenvalue weighted by molar-refractivity contribution is -0.126. The first kappa shape index (κ1) is 27.0. The molecule has 40 heavy (non-hydrogen) atoms. The van der Waals surface area contributed by atoms with Crippen LogP contribution in [-0.4, -0.2) is 70.6 Å². The van der Waals surface area contributed by atoms with Crippen LogP contribution < -0.4 is 20.6 Å². The van der Waals surface area contributed by atoms with Crippen LogP contribution in [-0.2, 0) is 17.9 Å². The summed E-state index contributed by atoms with van der Waals surface area (Å²) in [6.45, 7) is 13.8. The van der Waals surface area contributed by atoms with Crippen LogP contribution in [0, 0.1) is 13.8 Å². The highest BCUT2D eigenvalue weighted by Crippen LogP contribution is 2.47. The van der Waals surface area contributed by atoms with E-state index in [-0.39, 0.29) is 23.7 Å². The molecule has 2 unspecified atom stereocenters. The fraction of sp³-hybridized carbons (Fsp3) is 0.452. The summed E-state index contributed by atoms with van der Waals surface area (Å²) < 4.78 is 8.43. The fourth-order valence-electron chi connectivity index (χ4n) is 6.79. The van der Waals surface area contributed by atoms with Crippen LogP contribution in [0.4, 0.5) is 5.82 Å². The van der Waals surface area contributed by atoms with Crippen molar-refractivity contribution >= 4 is 37.2 Å². The van der Waals surface area contributed by atoms with Crippen molar-refractivity contribution < 1.29 is 9.53 Å². The number of benzene rings is 2. The first-order valence-corrected chi connectivity index (χ1v) is 14.7. The van der Waals surface area contributed by atoms with E-state index in [0.29, 0.717) is 38.6 Å². The molecule has 2 fully saturated rings. The number of carbonyl (C=O) groups is 1. The van der Waals surface area contributed by atoms with Gasteiger partial charge in [-0.15, -0.1) is 9.24 Å². The van der Waals surface area contributed by atoms with Crippen molar-refractivity contribution in [2.24, 2.45) is 0 Å². The Morgan fingerprint density at radius 3 is 2.73 bits per heavy atom. The third-order valence-corrected chi connectivity index (χ3v) is 9.69. The molecule has 210 valence electrons. The van der Waals surface area contributed by atoms with Gasteiger partial charge in [0.1, 0.15) is 12.4 Å². The number of hydrogen-bond donors (Lipinski definition) is 0. The maximum Gasteiger partial charge on any atom is 0.350 e. The molecule has 0 saturated carbocycles. The number of nitrogens with zero attached hydrogens (tertiary/aromatic N) is 5. The second-order valence-electron chi connectivity index (χ2n) is 11.5. The Balaban J connectivity index is 1.58. The zero-order chi connectivity index (χ0) is 28.3. The number of rotatable bonds is 4. The number of likely N-dealkylation sites (N-methyl/N-ethyl adjacent to an activating group) is 1. The van der Waals surface area contributed by atoms with E-state index in [0.717, 1.165) is 58.0 Å². The highest BCUT2D eigenvalue weighted by molar-refractivity contribution is 7.27. The molecule has 8 nitrogen and oxygen atoms in total. The number of aromatic nitrogens is 2. The van der Waals surface area contributed by atoms with E-state index in [9.17, 15) is 9.59 Å². The van der Waals surface area contributed by atoms with Gasteiger partial charge in [0.15, 0.2) is 5.75 Å². The van der Waals surface area contributed by atoms with Gasteiger partial charge in [-0.3, -0.25) is 9.36 Å². The fourth-order valence-corrected chi connectivity index (χ4v) is 7.03. The molecule has 1 amide bonds. The van der Waals surface area contributed by atoms with E-state index < -0.39 is 0 Å². The largest absolute Gasteiger partial charge is 0.486 e. The van der Waals surface area contributed by atoms with Crippen molar-refractivity contribution in [1.29, 1.82) is 0 Å². The molecular weight excluding hydrogens is 521 g/mol. The Bertz CT molecular complexity index is 1600. The summed E-state index contributed by atoms with van der Waals surface area (Å²) >= 11 is 0. The third-order valence-electron chi connectivity index (χ3n) is 9.06. The molecule has 3 aliphatic heterocycles. The molecule has 6 rings (SSSR count). The van der Waals surface area contributed by atoms with E-state index >= 15 is 0 Å². The summed E-state index contributed by atoms with van der Waals surface area (Å²) in [5, 5.41) is 2.09. The van der Waals surface area contributed by atoms with Gasteiger partial charge < -0.3 is 19.4 Å². The molecule has 3 aliphatic rings. The zero-order valence-corrected chi connectivity index (χ0v) is 25.0. The van der Waals surface area contributed by atoms with Crippen molar-refractivity contribution in [2.45, 2.75) is 58.8 Å². The minimum Gasteiger partial charge on any atom is -0.486 e. The van der Waals surface area contributed by atoms with Gasteiger partial charge in [0.25, 0.3) is 0 Å². The number of carbonyl (C=O) groups excluding carboxylic acids is 1. The monoisotopic (exact) mass is 559 g/mol. The van der Waals surface area contributed by atoms with Crippen molar-refractivity contribution in [2.75, 3.05) is 38.1 Å². The minimum absolute atomic E-state index is 0.00975. The van der Waals surface area contributed by atoms with Gasteiger partial charge >= 0.3 is 5.69 Å². The van der Waals surface area contributed by atoms with E-state index in [1.807, 2.05) is 9.47 Å². The molecule has 0 spiro atoms. The van der Waals surface area contributed by atoms with E-state index in [4.69, 9.17) is 9.72 Å². The Labute approximate surface area is 237 Å². The molecule has 4 heterocycles. The molecule has 0 radical (unpaired) electrons. The van der Waals surface area contributed by atoms with Crippen LogP contribution in [0.25, 0.3) is 22.0 Å². The van der Waals surface area contributed by atoms with E-state index in [1.54, 1.807) is 0 Å². The summed E-state index contributed by atoms with van der Waals surface area (Å²) in [4.78, 5) is 37.3. The number of amides is 1. The van der Waals surface area contributed by atoms with E-state index in [1.165, 1.54) is 17.2 Å². The molecule has 0 bridgehead atoms. The molecule has 9 heteroatoms. The average molecular weight is 560 g/mol. The summed E-state index contributed by atoms with van der Waals surface area (Å²) in [5.41, 5.74) is 6.31. The van der Waals surface area contributed by atoms with Gasteiger partial charge in [-0.2, -0.15) is 4.98 Å². The van der Waals surface area contributed by atoms with E-state index in [2.05, 4.69) is 71.6 Å². The van der Waals surface area contributed by atoms with Gasteiger partial charge in [-0.1, -0.05) is 18.7 Å². The average Bonchev–Trinajstić information content (AvgIpc) is 3.35. The number of anilines is 1. The lowest BCUT2D eigenvalue weighted by atomic mass is 9.88. The Morgan fingerprint density at radius 2 is 2.02 bits per heavy atom. The number of aryl methyl sites for hydroxylation is 1. The Kier molecular flexibility index (Phi) is 6.96. The molecule has 2 saturated heterocycles. The molecule has 1 aromatic heterocycles. The number of likely N-dealkylation sites (tertiary alicyclic amines) is 1. The summed E-state index contributed by atoms with van der Waals surface area (Å²) in [7, 11) is 4.98. The summed E-state index contributed by atoms with van der Waals surface area (Å²) in [6, 6.07) is 6.71. The Morgan fingerprint density at radius 1 is 1.23 bits per heavy atom. The third kappa shape index (κ3) is 4.33. The topological polar surface area (TPSA) is 70.9 Å². The van der Waals surface area contributed by atoms with Crippen molar-refractivity contribution in [1.82, 2.24) is 19.4 Å². The van der Waals surface area contributed by atoms with Crippen LogP contribution in [0.2, 0.25) is 0 Å². The summed E-state index contributed by atoms with van der Waals surface area (Å²) in [5.74, 6) is 1.38. The first-order chi connectivity index (χ1) is 19.2. The van der Waals surface area contributed by atoms with Crippen LogP contribution >= 0.6 is 9.24 Å². The number of piperazine rings is 1. The molecule has 3 atom stereocenters. The number of hydrogen-bond acceptors (Lipinski definition) is 6. The van der Waals surface area contributed by atoms with Gasteiger partial charge in [-0.05, 0) is 86.9 Å². The predicted molar refractivity (Wildman–Crippen MR) is 164 cm³/mol. The molecule has 0 N–H and O–H groups in total. The highest BCUT2D eigenvalue weighted by atomic mass is 31.0. The van der Waals surface area contributed by atoms with Crippen LogP contribution in [0.15, 0.2) is 35.6 Å². The van der Waals surface area contributed by atoms with Gasteiger partial charge in [0.05, 0.1) is 5.52 Å². The van der Waals surface area contributed by atoms with Crippen LogP contribution in [0.3, 0.4) is 0 Å². The summed E-state index contributed by atoms with van der Waals surface area (Å²) in [6.07, 6.45) is 3.54. The zero-order valence-electron chi connectivity index (χ0n) is 23.9. The molecule has 0 aliphatic carbocycles. The SMILES string of the molecule is C=CC(=O)N1CCN(c2nc(=O)n(CC3CCCN3C)c3c4c(c(C)cc23)-c2c(ccc(P)c2C)CO4)[C@@H](C)C1. The highest BCUT2D eigenvalue weighted by Gasteiger charge is 2.33. The van der Waals surface area contributed by atoms with Crippen LogP contribution in [0.1, 0.15) is 36.5 Å². The van der Waals surface area contributed by atoms with Gasteiger partial charge in [0.2, 0.25) is 5.91 Å². The molecule has 2 aromatic carbocycles. The van der Waals surface area contributed by atoms with Crippen molar-refractivity contribution in [3.63, 3.8) is 0 Å². The first-order valence-electron chi connectivity index (χ1n) is 14.2. The van der Waals surface area contributed by atoms with Gasteiger partial charge in [-0.25, -0.2) is 4.79 Å². The smallest absolute Gasteiger partial charge is 0.350 e. The van der Waals surface area contributed by atoms with Crippen LogP contribution in [0.5, 0.6) is 5.75 Å². The second-order valence-corrected chi connectivity index (χ2v) is 12.2. The maximum absolute atomic E-state index is 13.9. The number of ether oxygens (including phenoxy) is 1. The molecule has 3 aromatic rings. The Hall–Kier alpha value is -3.22. The normalized spacial score (nSPS) is 20.8. The van der Waals surface area contributed by atoms with Gasteiger partial charge in [0, 0.05) is 49.2 Å². The number of fused-ring (bicyclic) bond motifs is 5. The lowest BCUT2D eigenvalue weighted by Crippen LogP contribution is -2.54. The van der Waals surface area contributed by atoms with Crippen molar-refractivity contribution in [3.8, 4) is 16.9 Å². The predicted octanol–water partition coefficient (Wildman–Crippen LogP) is 3.39. The quantitative estimate of drug-likeness (QED) is 0.361. The lowest BCUT2D eigenvalue weighted by Gasteiger charge is -2.41. The maximum atomic E-state index is 13.9. The standard InChI is InChI=1S/C31H38N5O3P/c1-6-25(37)34-12-13-35(19(3)15-34)30-23-14-18(2)26-27-20(4)24(40)10-9-21(27)17-39-29(26)28(23)36(31(38)32-30)16-22-8-7-11-33(22)5/h6,9-10,14,19,22H,1,7-8,11-13,15-17,40H2,2-5H3/t19-,22?/m0/s1. The molecular formula is C31H38N5O3P.